The molecule has 3 nitrogen and oxygen atoms in total. The van der Waals surface area contributed by atoms with Crippen LogP contribution in [0.25, 0.3) is 0 Å². The van der Waals surface area contributed by atoms with E-state index in [1.807, 2.05) is 31.2 Å². The van der Waals surface area contributed by atoms with Crippen LogP contribution >= 0.6 is 11.8 Å². The summed E-state index contributed by atoms with van der Waals surface area (Å²) in [5.74, 6) is -0.839. The van der Waals surface area contributed by atoms with E-state index in [1.54, 1.807) is 4.90 Å². The zero-order valence-electron chi connectivity index (χ0n) is 13.2. The van der Waals surface area contributed by atoms with Crippen molar-refractivity contribution >= 4 is 17.7 Å². The van der Waals surface area contributed by atoms with Crippen molar-refractivity contribution in [1.82, 2.24) is 4.90 Å². The second-order valence-electron chi connectivity index (χ2n) is 5.40. The highest BCUT2D eigenvalue weighted by molar-refractivity contribution is 8.00. The van der Waals surface area contributed by atoms with Crippen molar-refractivity contribution in [1.29, 1.82) is 0 Å². The van der Waals surface area contributed by atoms with Crippen LogP contribution in [-0.4, -0.2) is 23.2 Å². The van der Waals surface area contributed by atoms with Crippen molar-refractivity contribution in [2.24, 2.45) is 0 Å². The van der Waals surface area contributed by atoms with E-state index >= 15 is 0 Å². The maximum Gasteiger partial charge on any atom is 0.234 e. The SMILES string of the molecule is CCOc1cccc(C2SCC(=O)N2Cc2cccc(F)c2F)c1. The third kappa shape index (κ3) is 3.38. The van der Waals surface area contributed by atoms with Crippen LogP contribution < -0.4 is 4.74 Å². The minimum absolute atomic E-state index is 0.0406. The van der Waals surface area contributed by atoms with Gasteiger partial charge in [-0.3, -0.25) is 4.79 Å². The summed E-state index contributed by atoms with van der Waals surface area (Å²) in [6.45, 7) is 2.50. The number of hydrogen-bond donors (Lipinski definition) is 0. The molecule has 6 heteroatoms. The Kier molecular flexibility index (Phi) is 5.04. The molecule has 2 aromatic carbocycles. The molecule has 0 bridgehead atoms. The summed E-state index contributed by atoms with van der Waals surface area (Å²) in [5, 5.41) is -0.236. The van der Waals surface area contributed by atoms with Crippen LogP contribution in [0.2, 0.25) is 0 Å². The largest absolute Gasteiger partial charge is 0.494 e. The maximum absolute atomic E-state index is 13.9. The Labute approximate surface area is 143 Å². The van der Waals surface area contributed by atoms with Gasteiger partial charge in [0, 0.05) is 5.56 Å². The minimum Gasteiger partial charge on any atom is -0.494 e. The minimum atomic E-state index is -0.901. The lowest BCUT2D eigenvalue weighted by Gasteiger charge is -2.25. The lowest BCUT2D eigenvalue weighted by molar-refractivity contribution is -0.128. The second-order valence-corrected chi connectivity index (χ2v) is 6.47. The number of hydrogen-bond acceptors (Lipinski definition) is 3. The van der Waals surface area contributed by atoms with Gasteiger partial charge < -0.3 is 9.64 Å². The van der Waals surface area contributed by atoms with Gasteiger partial charge >= 0.3 is 0 Å². The molecule has 1 fully saturated rings. The third-order valence-corrected chi connectivity index (χ3v) is 5.05. The van der Waals surface area contributed by atoms with E-state index < -0.39 is 11.6 Å². The first-order valence-electron chi connectivity index (χ1n) is 7.67. The molecule has 2 aromatic rings. The standard InChI is InChI=1S/C18H17F2NO2S/c1-2-23-14-7-3-5-12(9-14)18-21(16(22)11-24-18)10-13-6-4-8-15(19)17(13)20/h3-9,18H,2,10-11H2,1H3. The van der Waals surface area contributed by atoms with Crippen LogP contribution in [0.4, 0.5) is 8.78 Å². The van der Waals surface area contributed by atoms with Crippen molar-refractivity contribution in [3.8, 4) is 5.75 Å². The fourth-order valence-corrected chi connectivity index (χ4v) is 3.86. The summed E-state index contributed by atoms with van der Waals surface area (Å²) < 4.78 is 32.8. The molecule has 1 aliphatic heterocycles. The summed E-state index contributed by atoms with van der Waals surface area (Å²) >= 11 is 1.47. The zero-order chi connectivity index (χ0) is 17.1. The molecule has 126 valence electrons. The highest BCUT2D eigenvalue weighted by Gasteiger charge is 2.33. The molecule has 1 unspecified atom stereocenters. The Bertz CT molecular complexity index is 754. The van der Waals surface area contributed by atoms with E-state index in [4.69, 9.17) is 4.74 Å². The molecule has 1 saturated heterocycles. The summed E-state index contributed by atoms with van der Waals surface area (Å²) in [6.07, 6.45) is 0. The highest BCUT2D eigenvalue weighted by Crippen LogP contribution is 2.40. The fraction of sp³-hybridized carbons (Fsp3) is 0.278. The Balaban J connectivity index is 1.87. The van der Waals surface area contributed by atoms with Gasteiger partial charge in [-0.1, -0.05) is 24.3 Å². The highest BCUT2D eigenvalue weighted by atomic mass is 32.2. The molecule has 3 rings (SSSR count). The fourth-order valence-electron chi connectivity index (χ4n) is 2.68. The van der Waals surface area contributed by atoms with E-state index in [2.05, 4.69) is 0 Å². The molecule has 24 heavy (non-hydrogen) atoms. The number of halogens is 2. The predicted octanol–water partition coefficient (Wildman–Crippen LogP) is 4.14. The average molecular weight is 349 g/mol. The van der Waals surface area contributed by atoms with Crippen molar-refractivity contribution in [3.05, 3.63) is 65.2 Å². The quantitative estimate of drug-likeness (QED) is 0.813. The number of nitrogens with zero attached hydrogens (tertiary/aromatic N) is 1. The van der Waals surface area contributed by atoms with Gasteiger partial charge in [-0.2, -0.15) is 0 Å². The Morgan fingerprint density at radius 2 is 2.04 bits per heavy atom. The topological polar surface area (TPSA) is 29.5 Å². The number of ether oxygens (including phenoxy) is 1. The molecular weight excluding hydrogens is 332 g/mol. The third-order valence-electron chi connectivity index (χ3n) is 3.79. The lowest BCUT2D eigenvalue weighted by Crippen LogP contribution is -2.28. The molecule has 1 aliphatic rings. The molecule has 1 amide bonds. The molecule has 0 aromatic heterocycles. The summed E-state index contributed by atoms with van der Waals surface area (Å²) in [6, 6.07) is 11.5. The Morgan fingerprint density at radius 3 is 2.83 bits per heavy atom. The van der Waals surface area contributed by atoms with Crippen molar-refractivity contribution < 1.29 is 18.3 Å². The molecule has 0 aliphatic carbocycles. The van der Waals surface area contributed by atoms with Crippen LogP contribution in [0.15, 0.2) is 42.5 Å². The smallest absolute Gasteiger partial charge is 0.234 e. The number of carbonyl (C=O) groups is 1. The lowest BCUT2D eigenvalue weighted by atomic mass is 10.1. The molecule has 0 spiro atoms. The number of benzene rings is 2. The summed E-state index contributed by atoms with van der Waals surface area (Å²) in [4.78, 5) is 13.8. The van der Waals surface area contributed by atoms with Crippen LogP contribution in [0.5, 0.6) is 5.75 Å². The van der Waals surface area contributed by atoms with E-state index in [0.29, 0.717) is 12.4 Å². The first-order valence-corrected chi connectivity index (χ1v) is 8.71. The van der Waals surface area contributed by atoms with Gasteiger partial charge in [0.2, 0.25) is 5.91 Å². The Hall–Kier alpha value is -2.08. The van der Waals surface area contributed by atoms with Gasteiger partial charge in [0.25, 0.3) is 0 Å². The summed E-state index contributed by atoms with van der Waals surface area (Å²) in [7, 11) is 0. The van der Waals surface area contributed by atoms with Gasteiger partial charge in [0.05, 0.1) is 18.9 Å². The van der Waals surface area contributed by atoms with Crippen LogP contribution in [-0.2, 0) is 11.3 Å². The number of rotatable bonds is 5. The van der Waals surface area contributed by atoms with E-state index in [1.165, 1.54) is 23.9 Å². The molecule has 0 saturated carbocycles. The first kappa shape index (κ1) is 16.8. The maximum atomic E-state index is 13.9. The van der Waals surface area contributed by atoms with Gasteiger partial charge in [-0.05, 0) is 30.7 Å². The van der Waals surface area contributed by atoms with E-state index in [-0.39, 0.29) is 23.4 Å². The molecule has 0 N–H and O–H groups in total. The van der Waals surface area contributed by atoms with Crippen LogP contribution in [0.1, 0.15) is 23.4 Å². The van der Waals surface area contributed by atoms with Gasteiger partial charge in [0.1, 0.15) is 11.1 Å². The van der Waals surface area contributed by atoms with Crippen molar-refractivity contribution in [3.63, 3.8) is 0 Å². The van der Waals surface area contributed by atoms with E-state index in [0.717, 1.165) is 17.4 Å². The molecular formula is C18H17F2NO2S. The van der Waals surface area contributed by atoms with E-state index in [9.17, 15) is 13.6 Å². The first-order chi connectivity index (χ1) is 11.6. The molecule has 1 atom stereocenters. The van der Waals surface area contributed by atoms with Crippen LogP contribution in [0.3, 0.4) is 0 Å². The van der Waals surface area contributed by atoms with Crippen LogP contribution in [0, 0.1) is 11.6 Å². The second kappa shape index (κ2) is 7.21. The Morgan fingerprint density at radius 1 is 1.25 bits per heavy atom. The van der Waals surface area contributed by atoms with Crippen molar-refractivity contribution in [2.45, 2.75) is 18.8 Å². The average Bonchev–Trinajstić information content (AvgIpc) is 2.93. The number of thioether (sulfide) groups is 1. The van der Waals surface area contributed by atoms with Gasteiger partial charge in [-0.25, -0.2) is 8.78 Å². The van der Waals surface area contributed by atoms with Gasteiger partial charge in [-0.15, -0.1) is 11.8 Å². The predicted molar refractivity (Wildman–Crippen MR) is 89.7 cm³/mol. The van der Waals surface area contributed by atoms with Crippen molar-refractivity contribution in [2.75, 3.05) is 12.4 Å². The number of amides is 1. The number of carbonyl (C=O) groups excluding carboxylic acids is 1. The molecule has 1 heterocycles. The normalized spacial score (nSPS) is 17.4. The summed E-state index contributed by atoms with van der Waals surface area (Å²) in [5.41, 5.74) is 1.09. The van der Waals surface area contributed by atoms with Gasteiger partial charge in [0.15, 0.2) is 11.6 Å². The zero-order valence-corrected chi connectivity index (χ0v) is 14.0. The molecule has 0 radical (unpaired) electrons. The monoisotopic (exact) mass is 349 g/mol.